The highest BCUT2D eigenvalue weighted by molar-refractivity contribution is 7.47. The predicted octanol–water partition coefficient (Wildman–Crippen LogP) is 3.77. The molecule has 1 fully saturated rings. The number of nitrogen functional groups attached to an aromatic ring is 1. The first kappa shape index (κ1) is 28.8. The Morgan fingerprint density at radius 2 is 1.75 bits per heavy atom. The molecule has 2 aliphatic heterocycles. The molecule has 3 heterocycles. The summed E-state index contributed by atoms with van der Waals surface area (Å²) in [5, 5.41) is 17.9. The molecule has 1 aromatic heterocycles. The first-order valence-corrected chi connectivity index (χ1v) is 16.0. The minimum atomic E-state index is -4.43. The van der Waals surface area contributed by atoms with Crippen LogP contribution >= 0.6 is 7.82 Å². The highest BCUT2D eigenvalue weighted by Gasteiger charge is 2.45. The molecule has 2 unspecified atom stereocenters. The zero-order valence-corrected chi connectivity index (χ0v) is 24.5. The number of unbranched alkanes of at least 4 members (excludes halogenated alkanes) is 1. The van der Waals surface area contributed by atoms with Crippen LogP contribution in [0.5, 0.6) is 0 Å². The number of fused-ring (bicyclic) bond motifs is 1. The Labute approximate surface area is 251 Å². The topological polar surface area (TPSA) is 177 Å². The molecule has 0 bridgehead atoms. The molecule has 0 spiro atoms. The van der Waals surface area contributed by atoms with Crippen molar-refractivity contribution in [2.75, 3.05) is 23.8 Å². The second-order valence-electron chi connectivity index (χ2n) is 11.3. The molecule has 228 valence electrons. The van der Waals surface area contributed by atoms with E-state index in [0.29, 0.717) is 6.42 Å². The third-order valence-corrected chi connectivity index (χ3v) is 9.43. The SMILES string of the molecule is Nc1nc2c(c(=O)[nH]1)CC(=O)N2[C@H]1CC(O)[C@@H](COP(=O)(O)OCCCCc2ccc3ccc4cccc5ccc2c3c45)O1. The smallest absolute Gasteiger partial charge is 0.390 e. The number of phosphoric ester groups is 1. The van der Waals surface area contributed by atoms with Gasteiger partial charge in [0.05, 0.1) is 31.3 Å². The van der Waals surface area contributed by atoms with Gasteiger partial charge in [0, 0.05) is 6.42 Å². The number of ether oxygens (including phenoxy) is 1. The zero-order valence-electron chi connectivity index (χ0n) is 23.6. The van der Waals surface area contributed by atoms with Gasteiger partial charge < -0.3 is 20.5 Å². The third-order valence-electron chi connectivity index (χ3n) is 8.44. The largest absolute Gasteiger partial charge is 0.472 e. The van der Waals surface area contributed by atoms with Gasteiger partial charge in [-0.2, -0.15) is 4.98 Å². The van der Waals surface area contributed by atoms with Crippen molar-refractivity contribution in [3.8, 4) is 0 Å². The Balaban J connectivity index is 0.918. The summed E-state index contributed by atoms with van der Waals surface area (Å²) in [7, 11) is -4.43. The van der Waals surface area contributed by atoms with Crippen LogP contribution in [0.2, 0.25) is 0 Å². The number of aromatic nitrogens is 2. The summed E-state index contributed by atoms with van der Waals surface area (Å²) in [5.74, 6) is -0.505. The second-order valence-corrected chi connectivity index (χ2v) is 12.7. The lowest BCUT2D eigenvalue weighted by molar-refractivity contribution is -0.120. The summed E-state index contributed by atoms with van der Waals surface area (Å²) >= 11 is 0. The van der Waals surface area contributed by atoms with E-state index in [1.165, 1.54) is 42.8 Å². The van der Waals surface area contributed by atoms with Gasteiger partial charge >= 0.3 is 7.82 Å². The van der Waals surface area contributed by atoms with E-state index in [0.717, 1.165) is 12.8 Å². The molecule has 0 saturated carbocycles. The highest BCUT2D eigenvalue weighted by atomic mass is 31.2. The molecule has 1 saturated heterocycles. The lowest BCUT2D eigenvalue weighted by Gasteiger charge is -2.24. The van der Waals surface area contributed by atoms with Crippen LogP contribution in [0.3, 0.4) is 0 Å². The molecule has 1 amide bonds. The number of hydrogen-bond acceptors (Lipinski definition) is 9. The van der Waals surface area contributed by atoms with Gasteiger partial charge in [-0.1, -0.05) is 54.6 Å². The molecule has 4 aromatic carbocycles. The van der Waals surface area contributed by atoms with Gasteiger partial charge in [0.2, 0.25) is 11.9 Å². The number of carbonyl (C=O) groups excluding carboxylic acids is 1. The second kappa shape index (κ2) is 11.2. The monoisotopic (exact) mass is 618 g/mol. The molecule has 7 rings (SSSR count). The Morgan fingerprint density at radius 3 is 2.55 bits per heavy atom. The summed E-state index contributed by atoms with van der Waals surface area (Å²) in [6.45, 7) is -0.426. The van der Waals surface area contributed by atoms with Gasteiger partial charge in [-0.15, -0.1) is 0 Å². The number of nitrogens with one attached hydrogen (secondary N) is 1. The van der Waals surface area contributed by atoms with Gasteiger partial charge in [-0.3, -0.25) is 28.5 Å². The fraction of sp³-hybridized carbons (Fsp3) is 0.323. The van der Waals surface area contributed by atoms with Crippen molar-refractivity contribution in [1.29, 1.82) is 0 Å². The van der Waals surface area contributed by atoms with E-state index < -0.39 is 44.3 Å². The maximum absolute atomic E-state index is 12.6. The number of benzene rings is 4. The minimum Gasteiger partial charge on any atom is -0.390 e. The number of hydrogen-bond donors (Lipinski definition) is 4. The van der Waals surface area contributed by atoms with Crippen molar-refractivity contribution in [2.24, 2.45) is 0 Å². The maximum atomic E-state index is 12.6. The number of rotatable bonds is 10. The van der Waals surface area contributed by atoms with E-state index in [4.69, 9.17) is 19.5 Å². The summed E-state index contributed by atoms with van der Waals surface area (Å²) in [4.78, 5) is 42.6. The number of aromatic amines is 1. The number of anilines is 2. The first-order valence-electron chi connectivity index (χ1n) is 14.5. The molecular weight excluding hydrogens is 587 g/mol. The van der Waals surface area contributed by atoms with Gasteiger partial charge in [-0.05, 0) is 57.1 Å². The molecule has 12 nitrogen and oxygen atoms in total. The van der Waals surface area contributed by atoms with Crippen molar-refractivity contribution in [3.05, 3.63) is 76.1 Å². The summed E-state index contributed by atoms with van der Waals surface area (Å²) in [5.41, 5.74) is 6.49. The Morgan fingerprint density at radius 1 is 1.02 bits per heavy atom. The molecular formula is C31H31N4O8P. The van der Waals surface area contributed by atoms with E-state index in [2.05, 4.69) is 64.6 Å². The van der Waals surface area contributed by atoms with E-state index >= 15 is 0 Å². The number of nitrogens with two attached hydrogens (primary N) is 1. The van der Waals surface area contributed by atoms with Crippen molar-refractivity contribution < 1.29 is 33.1 Å². The Hall–Kier alpha value is -3.90. The van der Waals surface area contributed by atoms with Crippen LogP contribution in [0, 0.1) is 0 Å². The Bertz CT molecular complexity index is 1980. The number of carbonyl (C=O) groups is 1. The lowest BCUT2D eigenvalue weighted by Crippen LogP contribution is -2.38. The lowest BCUT2D eigenvalue weighted by atomic mass is 9.91. The van der Waals surface area contributed by atoms with E-state index in [-0.39, 0.29) is 36.8 Å². The van der Waals surface area contributed by atoms with Crippen molar-refractivity contribution in [1.82, 2.24) is 9.97 Å². The summed E-state index contributed by atoms with van der Waals surface area (Å²) in [6.07, 6.45) is -1.17. The van der Waals surface area contributed by atoms with Crippen LogP contribution in [0.15, 0.2) is 59.4 Å². The van der Waals surface area contributed by atoms with Crippen LogP contribution in [-0.2, 0) is 36.0 Å². The fourth-order valence-electron chi connectivity index (χ4n) is 6.35. The number of amides is 1. The molecule has 5 N–H and O–H groups in total. The molecule has 5 aromatic rings. The first-order chi connectivity index (χ1) is 21.2. The maximum Gasteiger partial charge on any atom is 0.472 e. The number of H-pyrrole nitrogens is 1. The van der Waals surface area contributed by atoms with Gasteiger partial charge in [0.25, 0.3) is 5.56 Å². The van der Waals surface area contributed by atoms with Crippen LogP contribution in [0.4, 0.5) is 11.8 Å². The van der Waals surface area contributed by atoms with Gasteiger partial charge in [-0.25, -0.2) is 4.57 Å². The zero-order chi connectivity index (χ0) is 30.6. The number of aliphatic hydroxyl groups is 1. The van der Waals surface area contributed by atoms with Crippen molar-refractivity contribution in [2.45, 2.75) is 50.5 Å². The third kappa shape index (κ3) is 5.23. The summed E-state index contributed by atoms with van der Waals surface area (Å²) < 4.78 is 28.6. The highest BCUT2D eigenvalue weighted by Crippen LogP contribution is 2.44. The predicted molar refractivity (Wildman–Crippen MR) is 165 cm³/mol. The molecule has 4 atom stereocenters. The van der Waals surface area contributed by atoms with E-state index in [9.17, 15) is 24.2 Å². The average molecular weight is 619 g/mol. The van der Waals surface area contributed by atoms with Crippen LogP contribution < -0.4 is 16.2 Å². The average Bonchev–Trinajstić information content (AvgIpc) is 3.53. The Kier molecular flexibility index (Phi) is 7.36. The number of aryl methyl sites for hydroxylation is 1. The fourth-order valence-corrected chi connectivity index (χ4v) is 7.12. The molecule has 0 radical (unpaired) electrons. The van der Waals surface area contributed by atoms with E-state index in [1.54, 1.807) is 0 Å². The van der Waals surface area contributed by atoms with E-state index in [1.807, 2.05) is 0 Å². The van der Waals surface area contributed by atoms with Crippen LogP contribution in [0.1, 0.15) is 30.4 Å². The molecule has 2 aliphatic rings. The van der Waals surface area contributed by atoms with Crippen LogP contribution in [0.25, 0.3) is 32.3 Å². The van der Waals surface area contributed by atoms with Gasteiger partial charge in [0.15, 0.2) is 5.82 Å². The normalized spacial score (nSPS) is 21.5. The number of phosphoric acid groups is 1. The van der Waals surface area contributed by atoms with Gasteiger partial charge in [0.1, 0.15) is 12.3 Å². The molecule has 44 heavy (non-hydrogen) atoms. The van der Waals surface area contributed by atoms with Crippen LogP contribution in [-0.4, -0.2) is 57.5 Å². The number of aliphatic hydroxyl groups excluding tert-OH is 1. The quantitative estimate of drug-likeness (QED) is 0.102. The molecule has 0 aliphatic carbocycles. The minimum absolute atomic E-state index is 0.00671. The summed E-state index contributed by atoms with van der Waals surface area (Å²) in [6, 6.07) is 19.2. The molecule has 13 heteroatoms. The standard InChI is InChI=1S/C31H31N4O8P/c32-31-33-29-22(30(38)34-31)14-25(37)35(29)26-15-23(36)24(43-26)16-42-44(39,40)41-13-2-1-4-17-7-8-20-10-9-18-5-3-6-19-11-12-21(17)28(20)27(18)19/h3,5-12,23-24,26,36H,1-2,4,13-16H2,(H,39,40)(H3,32,33,34,38)/t23?,24-,26-/m1/s1. The number of nitrogens with zero attached hydrogens (tertiary/aromatic N) is 2. The van der Waals surface area contributed by atoms with Crippen molar-refractivity contribution in [3.63, 3.8) is 0 Å². The van der Waals surface area contributed by atoms with Crippen molar-refractivity contribution >= 4 is 57.8 Å².